The Morgan fingerprint density at radius 1 is 1.58 bits per heavy atom. The molecule has 0 atom stereocenters. The van der Waals surface area contributed by atoms with Crippen molar-refractivity contribution in [3.8, 4) is 0 Å². The lowest BCUT2D eigenvalue weighted by Crippen LogP contribution is -1.96. The first kappa shape index (κ1) is 7.24. The van der Waals surface area contributed by atoms with Gasteiger partial charge in [-0.3, -0.25) is 0 Å². The molecule has 2 aromatic rings. The van der Waals surface area contributed by atoms with Crippen molar-refractivity contribution in [2.24, 2.45) is 5.73 Å². The van der Waals surface area contributed by atoms with Gasteiger partial charge in [-0.05, 0) is 11.6 Å². The average molecular weight is 163 g/mol. The quantitative estimate of drug-likeness (QED) is 0.680. The second-order valence-corrected chi connectivity index (χ2v) is 2.60. The standard InChI is InChI=1S/C8H9N3O/c1-5-11-7-2-6(3-9)4-10-8(7)12-5/h2,4H,3,9H2,1H3. The molecule has 0 spiro atoms. The van der Waals surface area contributed by atoms with Crippen LogP contribution in [0.1, 0.15) is 11.5 Å². The van der Waals surface area contributed by atoms with Crippen LogP contribution in [-0.2, 0) is 6.54 Å². The van der Waals surface area contributed by atoms with E-state index in [1.54, 1.807) is 13.1 Å². The molecule has 0 unspecified atom stereocenters. The predicted octanol–water partition coefficient (Wildman–Crippen LogP) is 0.990. The number of hydrogen-bond donors (Lipinski definition) is 1. The molecule has 0 aliphatic rings. The molecule has 4 heteroatoms. The maximum absolute atomic E-state index is 5.45. The lowest BCUT2D eigenvalue weighted by Gasteiger charge is -1.91. The van der Waals surface area contributed by atoms with Crippen LogP contribution in [-0.4, -0.2) is 9.97 Å². The third-order valence-corrected chi connectivity index (χ3v) is 1.65. The fourth-order valence-electron chi connectivity index (χ4n) is 1.09. The summed E-state index contributed by atoms with van der Waals surface area (Å²) < 4.78 is 5.20. The first-order chi connectivity index (χ1) is 5.79. The average Bonchev–Trinajstić information content (AvgIpc) is 2.43. The van der Waals surface area contributed by atoms with Crippen molar-refractivity contribution in [1.82, 2.24) is 9.97 Å². The van der Waals surface area contributed by atoms with Gasteiger partial charge in [-0.2, -0.15) is 0 Å². The van der Waals surface area contributed by atoms with Crippen LogP contribution in [0, 0.1) is 6.92 Å². The number of nitrogens with two attached hydrogens (primary N) is 1. The zero-order chi connectivity index (χ0) is 8.55. The Bertz CT molecular complexity index is 408. The molecule has 62 valence electrons. The minimum Gasteiger partial charge on any atom is -0.423 e. The summed E-state index contributed by atoms with van der Waals surface area (Å²) >= 11 is 0. The third-order valence-electron chi connectivity index (χ3n) is 1.65. The zero-order valence-corrected chi connectivity index (χ0v) is 6.74. The Morgan fingerprint density at radius 2 is 2.42 bits per heavy atom. The van der Waals surface area contributed by atoms with E-state index in [-0.39, 0.29) is 0 Å². The minimum atomic E-state index is 0.481. The van der Waals surface area contributed by atoms with Gasteiger partial charge in [0.1, 0.15) is 5.52 Å². The van der Waals surface area contributed by atoms with Gasteiger partial charge in [-0.25, -0.2) is 9.97 Å². The highest BCUT2D eigenvalue weighted by atomic mass is 16.4. The minimum absolute atomic E-state index is 0.481. The number of aryl methyl sites for hydroxylation is 1. The van der Waals surface area contributed by atoms with Crippen molar-refractivity contribution in [3.63, 3.8) is 0 Å². The number of hydrogen-bond acceptors (Lipinski definition) is 4. The molecule has 0 radical (unpaired) electrons. The number of aromatic nitrogens is 2. The maximum atomic E-state index is 5.45. The van der Waals surface area contributed by atoms with E-state index in [1.165, 1.54) is 0 Å². The summed E-state index contributed by atoms with van der Waals surface area (Å²) in [6.07, 6.45) is 1.70. The Labute approximate surface area is 69.4 Å². The van der Waals surface area contributed by atoms with E-state index in [9.17, 15) is 0 Å². The van der Waals surface area contributed by atoms with Crippen LogP contribution in [0.15, 0.2) is 16.7 Å². The molecule has 4 nitrogen and oxygen atoms in total. The summed E-state index contributed by atoms with van der Waals surface area (Å²) in [5, 5.41) is 0. The Hall–Kier alpha value is -1.42. The van der Waals surface area contributed by atoms with Crippen LogP contribution in [0.2, 0.25) is 0 Å². The van der Waals surface area contributed by atoms with Crippen LogP contribution in [0.5, 0.6) is 0 Å². The van der Waals surface area contributed by atoms with Gasteiger partial charge >= 0.3 is 0 Å². The highest BCUT2D eigenvalue weighted by Crippen LogP contribution is 2.13. The molecule has 0 aliphatic carbocycles. The van der Waals surface area contributed by atoms with E-state index < -0.39 is 0 Å². The summed E-state index contributed by atoms with van der Waals surface area (Å²) in [5.41, 5.74) is 7.76. The number of rotatable bonds is 1. The molecule has 2 heterocycles. The number of pyridine rings is 1. The van der Waals surface area contributed by atoms with Crippen LogP contribution < -0.4 is 5.73 Å². The lowest BCUT2D eigenvalue weighted by atomic mass is 10.3. The van der Waals surface area contributed by atoms with Gasteiger partial charge in [0.25, 0.3) is 0 Å². The smallest absolute Gasteiger partial charge is 0.246 e. The SMILES string of the molecule is Cc1nc2cc(CN)cnc2o1. The largest absolute Gasteiger partial charge is 0.423 e. The predicted molar refractivity (Wildman–Crippen MR) is 44.4 cm³/mol. The van der Waals surface area contributed by atoms with Crippen molar-refractivity contribution in [2.75, 3.05) is 0 Å². The van der Waals surface area contributed by atoms with Gasteiger partial charge in [0.2, 0.25) is 5.71 Å². The summed E-state index contributed by atoms with van der Waals surface area (Å²) in [6, 6.07) is 1.89. The van der Waals surface area contributed by atoms with Crippen LogP contribution in [0.4, 0.5) is 0 Å². The van der Waals surface area contributed by atoms with Crippen LogP contribution in [0.25, 0.3) is 11.2 Å². The molecule has 0 bridgehead atoms. The van der Waals surface area contributed by atoms with E-state index >= 15 is 0 Å². The Balaban J connectivity index is 2.66. The number of oxazole rings is 1. The number of nitrogens with zero attached hydrogens (tertiary/aromatic N) is 2. The first-order valence-electron chi connectivity index (χ1n) is 3.72. The fraction of sp³-hybridized carbons (Fsp3) is 0.250. The van der Waals surface area contributed by atoms with Crippen molar-refractivity contribution in [3.05, 3.63) is 23.7 Å². The number of fused-ring (bicyclic) bond motifs is 1. The summed E-state index contributed by atoms with van der Waals surface area (Å²) in [6.45, 7) is 2.28. The monoisotopic (exact) mass is 163 g/mol. The summed E-state index contributed by atoms with van der Waals surface area (Å²) in [7, 11) is 0. The van der Waals surface area contributed by atoms with Crippen LogP contribution in [0.3, 0.4) is 0 Å². The van der Waals surface area contributed by atoms with E-state index in [1.807, 2.05) is 6.07 Å². The first-order valence-corrected chi connectivity index (χ1v) is 3.72. The van der Waals surface area contributed by atoms with Crippen molar-refractivity contribution >= 4 is 11.2 Å². The molecule has 0 fully saturated rings. The molecule has 2 aromatic heterocycles. The third kappa shape index (κ3) is 1.06. The highest BCUT2D eigenvalue weighted by molar-refractivity contribution is 5.68. The molecular weight excluding hydrogens is 154 g/mol. The normalized spacial score (nSPS) is 10.8. The van der Waals surface area contributed by atoms with E-state index in [0.29, 0.717) is 18.1 Å². The van der Waals surface area contributed by atoms with Gasteiger partial charge in [-0.15, -0.1) is 0 Å². The molecule has 0 amide bonds. The molecule has 2 N–H and O–H groups in total. The molecule has 0 aromatic carbocycles. The van der Waals surface area contributed by atoms with Gasteiger partial charge in [0.05, 0.1) is 0 Å². The highest BCUT2D eigenvalue weighted by Gasteiger charge is 2.02. The Kier molecular flexibility index (Phi) is 1.55. The van der Waals surface area contributed by atoms with E-state index in [2.05, 4.69) is 9.97 Å². The Morgan fingerprint density at radius 3 is 3.17 bits per heavy atom. The zero-order valence-electron chi connectivity index (χ0n) is 6.74. The van der Waals surface area contributed by atoms with Gasteiger partial charge in [0, 0.05) is 19.7 Å². The lowest BCUT2D eigenvalue weighted by molar-refractivity contribution is 0.551. The summed E-state index contributed by atoms with van der Waals surface area (Å²) in [4.78, 5) is 8.20. The maximum Gasteiger partial charge on any atom is 0.246 e. The van der Waals surface area contributed by atoms with Gasteiger partial charge in [0.15, 0.2) is 5.89 Å². The van der Waals surface area contributed by atoms with Crippen molar-refractivity contribution in [1.29, 1.82) is 0 Å². The van der Waals surface area contributed by atoms with Gasteiger partial charge < -0.3 is 10.2 Å². The molecule has 12 heavy (non-hydrogen) atoms. The van der Waals surface area contributed by atoms with Crippen molar-refractivity contribution < 1.29 is 4.42 Å². The van der Waals surface area contributed by atoms with E-state index in [4.69, 9.17) is 10.2 Å². The van der Waals surface area contributed by atoms with Crippen molar-refractivity contribution in [2.45, 2.75) is 13.5 Å². The second kappa shape index (κ2) is 2.57. The van der Waals surface area contributed by atoms with Gasteiger partial charge in [-0.1, -0.05) is 0 Å². The molecule has 2 rings (SSSR count). The molecule has 0 saturated heterocycles. The second-order valence-electron chi connectivity index (χ2n) is 2.60. The molecule has 0 saturated carbocycles. The van der Waals surface area contributed by atoms with E-state index in [0.717, 1.165) is 11.1 Å². The summed E-state index contributed by atoms with van der Waals surface area (Å²) in [5.74, 6) is 0.631. The topological polar surface area (TPSA) is 64.9 Å². The fourth-order valence-corrected chi connectivity index (χ4v) is 1.09. The van der Waals surface area contributed by atoms with Crippen LogP contribution >= 0.6 is 0 Å². The molecule has 0 aliphatic heterocycles. The molecular formula is C8H9N3O.